The van der Waals surface area contributed by atoms with Crippen LogP contribution in [0.25, 0.3) is 0 Å². The lowest BCUT2D eigenvalue weighted by atomic mass is 10.2. The molecule has 22 heavy (non-hydrogen) atoms. The molecule has 0 amide bonds. The summed E-state index contributed by atoms with van der Waals surface area (Å²) in [5.41, 5.74) is 0.783. The zero-order valence-corrected chi connectivity index (χ0v) is 14.0. The molecular weight excluding hydrogens is 326 g/mol. The van der Waals surface area contributed by atoms with Gasteiger partial charge in [-0.2, -0.15) is 0 Å². The number of phenols is 1. The topological polar surface area (TPSA) is 75.2 Å². The Balaban J connectivity index is 1.97. The number of hydrogen-bond donors (Lipinski definition) is 2. The lowest BCUT2D eigenvalue weighted by molar-refractivity contribution is -0.671. The Kier molecular flexibility index (Phi) is 4.97. The second kappa shape index (κ2) is 6.58. The summed E-state index contributed by atoms with van der Waals surface area (Å²) in [6.07, 6.45) is 6.11. The van der Waals surface area contributed by atoms with Gasteiger partial charge in [0.1, 0.15) is 18.1 Å². The Morgan fingerprint density at radius 1 is 1.41 bits per heavy atom. The van der Waals surface area contributed by atoms with Crippen molar-refractivity contribution in [2.24, 2.45) is 7.05 Å². The molecule has 2 rings (SSSR count). The number of hydrogen-bond acceptors (Lipinski definition) is 3. The number of anilines is 1. The van der Waals surface area contributed by atoms with E-state index in [9.17, 15) is 13.5 Å². The molecule has 0 spiro atoms. The maximum atomic E-state index is 12.1. The molecule has 1 aromatic carbocycles. The van der Waals surface area contributed by atoms with Gasteiger partial charge in [0.25, 0.3) is 0 Å². The quantitative estimate of drug-likeness (QED) is 0.620. The number of rotatable bonds is 6. The molecular formula is C14H19ClN3O3S+. The average molecular weight is 345 g/mol. The van der Waals surface area contributed by atoms with Crippen LogP contribution in [0, 0.1) is 6.92 Å². The van der Waals surface area contributed by atoms with Crippen molar-refractivity contribution in [2.45, 2.75) is 19.9 Å². The van der Waals surface area contributed by atoms with E-state index < -0.39 is 10.0 Å². The van der Waals surface area contributed by atoms with Crippen LogP contribution in [-0.2, 0) is 23.6 Å². The number of aryl methyl sites for hydroxylation is 3. The zero-order chi connectivity index (χ0) is 16.3. The number of nitrogens with one attached hydrogen (secondary N) is 1. The summed E-state index contributed by atoms with van der Waals surface area (Å²) < 4.78 is 30.3. The van der Waals surface area contributed by atoms with Crippen molar-refractivity contribution in [2.75, 3.05) is 10.5 Å². The number of nitrogens with zero attached hydrogens (tertiary/aromatic N) is 2. The normalized spacial score (nSPS) is 11.6. The fourth-order valence-electron chi connectivity index (χ4n) is 2.04. The highest BCUT2D eigenvalue weighted by atomic mass is 35.5. The molecule has 0 aliphatic heterocycles. The van der Waals surface area contributed by atoms with Gasteiger partial charge in [0.05, 0.1) is 25.0 Å². The minimum Gasteiger partial charge on any atom is -0.506 e. The van der Waals surface area contributed by atoms with Gasteiger partial charge in [0.15, 0.2) is 0 Å². The second-order valence-corrected chi connectivity index (χ2v) is 7.46. The number of sulfonamides is 1. The van der Waals surface area contributed by atoms with E-state index in [1.54, 1.807) is 6.92 Å². The lowest BCUT2D eigenvalue weighted by Crippen LogP contribution is -2.24. The fourth-order valence-corrected chi connectivity index (χ4v) is 3.31. The van der Waals surface area contributed by atoms with Crippen LogP contribution in [-0.4, -0.2) is 23.8 Å². The first-order valence-corrected chi connectivity index (χ1v) is 8.80. The van der Waals surface area contributed by atoms with E-state index in [-0.39, 0.29) is 17.2 Å². The Morgan fingerprint density at radius 3 is 2.77 bits per heavy atom. The Bertz CT molecular complexity index is 772. The van der Waals surface area contributed by atoms with E-state index in [1.165, 1.54) is 12.1 Å². The standard InChI is InChI=1S/C14H18ClN3O3S/c1-11-8-14(19)13(9-12(11)15)16-22(20,21)7-3-4-18-6-5-17(2)10-18/h5-6,8-10,16H,3-4,7H2,1-2H3/p+1. The van der Waals surface area contributed by atoms with Crippen LogP contribution in [0.5, 0.6) is 5.75 Å². The maximum absolute atomic E-state index is 12.1. The van der Waals surface area contributed by atoms with Crippen molar-refractivity contribution in [1.29, 1.82) is 0 Å². The van der Waals surface area contributed by atoms with Crippen molar-refractivity contribution in [3.8, 4) is 5.75 Å². The molecule has 8 heteroatoms. The van der Waals surface area contributed by atoms with Crippen molar-refractivity contribution in [3.05, 3.63) is 41.4 Å². The van der Waals surface area contributed by atoms with Crippen LogP contribution in [0.4, 0.5) is 5.69 Å². The van der Waals surface area contributed by atoms with Crippen molar-refractivity contribution >= 4 is 27.3 Å². The summed E-state index contributed by atoms with van der Waals surface area (Å²) in [5, 5.41) is 10.2. The second-order valence-electron chi connectivity index (χ2n) is 5.21. The first kappa shape index (κ1) is 16.6. The van der Waals surface area contributed by atoms with E-state index in [2.05, 4.69) is 4.72 Å². The van der Waals surface area contributed by atoms with Crippen molar-refractivity contribution in [3.63, 3.8) is 0 Å². The van der Waals surface area contributed by atoms with Gasteiger partial charge in [-0.25, -0.2) is 17.6 Å². The Morgan fingerprint density at radius 2 is 2.14 bits per heavy atom. The molecule has 0 aliphatic rings. The van der Waals surface area contributed by atoms with Crippen LogP contribution in [0.1, 0.15) is 12.0 Å². The van der Waals surface area contributed by atoms with Crippen LogP contribution in [0.3, 0.4) is 0 Å². The van der Waals surface area contributed by atoms with Crippen LogP contribution in [0.15, 0.2) is 30.9 Å². The summed E-state index contributed by atoms with van der Waals surface area (Å²) in [5.74, 6) is -0.178. The van der Waals surface area contributed by atoms with Crippen LogP contribution >= 0.6 is 11.6 Å². The Labute approximate surface area is 135 Å². The number of phenolic OH excluding ortho intramolecular Hbond substituents is 1. The minimum absolute atomic E-state index is 0.0418. The molecule has 0 atom stereocenters. The van der Waals surface area contributed by atoms with Gasteiger partial charge in [0.2, 0.25) is 16.4 Å². The largest absolute Gasteiger partial charge is 0.506 e. The molecule has 2 aromatic rings. The Hall–Kier alpha value is -1.73. The van der Waals surface area contributed by atoms with Gasteiger partial charge < -0.3 is 5.11 Å². The van der Waals surface area contributed by atoms with Gasteiger partial charge in [-0.3, -0.25) is 4.72 Å². The lowest BCUT2D eigenvalue weighted by Gasteiger charge is -2.10. The fraction of sp³-hybridized carbons (Fsp3) is 0.357. The number of aromatic nitrogens is 2. The predicted octanol–water partition coefficient (Wildman–Crippen LogP) is 1.81. The van der Waals surface area contributed by atoms with E-state index in [0.717, 1.165) is 0 Å². The third-order valence-corrected chi connectivity index (χ3v) is 4.96. The molecule has 1 aromatic heterocycles. The third kappa shape index (κ3) is 4.38. The predicted molar refractivity (Wildman–Crippen MR) is 85.5 cm³/mol. The van der Waals surface area contributed by atoms with Crippen molar-refractivity contribution < 1.29 is 18.1 Å². The minimum atomic E-state index is -3.54. The van der Waals surface area contributed by atoms with Crippen LogP contribution < -0.4 is 9.29 Å². The van der Waals surface area contributed by atoms with Gasteiger partial charge in [0, 0.05) is 11.4 Å². The third-order valence-electron chi connectivity index (χ3n) is 3.20. The summed E-state index contributed by atoms with van der Waals surface area (Å²) in [4.78, 5) is 0. The van der Waals surface area contributed by atoms with Gasteiger partial charge in [-0.1, -0.05) is 11.6 Å². The highest BCUT2D eigenvalue weighted by Crippen LogP contribution is 2.30. The first-order valence-electron chi connectivity index (χ1n) is 6.77. The molecule has 0 unspecified atom stereocenters. The molecule has 0 saturated carbocycles. The SMILES string of the molecule is Cc1cc(O)c(NS(=O)(=O)CCCn2cc[n+](C)c2)cc1Cl. The number of imidazole rings is 1. The molecule has 0 fully saturated rings. The molecule has 0 radical (unpaired) electrons. The summed E-state index contributed by atoms with van der Waals surface area (Å²) in [6, 6.07) is 2.84. The monoisotopic (exact) mass is 344 g/mol. The van der Waals surface area contributed by atoms with Crippen LogP contribution in [0.2, 0.25) is 5.02 Å². The van der Waals surface area contributed by atoms with Gasteiger partial charge >= 0.3 is 0 Å². The van der Waals surface area contributed by atoms with E-state index in [1.807, 2.05) is 34.9 Å². The smallest absolute Gasteiger partial charge is 0.243 e. The molecule has 2 N–H and O–H groups in total. The molecule has 0 saturated heterocycles. The molecule has 0 aliphatic carbocycles. The zero-order valence-electron chi connectivity index (χ0n) is 12.5. The summed E-state index contributed by atoms with van der Waals surface area (Å²) in [7, 11) is -1.64. The van der Waals surface area contributed by atoms with Gasteiger partial charge in [-0.15, -0.1) is 0 Å². The average Bonchev–Trinajstić information content (AvgIpc) is 2.81. The summed E-state index contributed by atoms with van der Waals surface area (Å²) >= 11 is 5.95. The molecule has 120 valence electrons. The number of benzene rings is 1. The highest BCUT2D eigenvalue weighted by molar-refractivity contribution is 7.92. The highest BCUT2D eigenvalue weighted by Gasteiger charge is 2.15. The number of halogens is 1. The van der Waals surface area contributed by atoms with E-state index in [0.29, 0.717) is 23.6 Å². The first-order chi connectivity index (χ1) is 10.3. The molecule has 1 heterocycles. The van der Waals surface area contributed by atoms with E-state index in [4.69, 9.17) is 11.6 Å². The molecule has 0 bridgehead atoms. The molecule has 6 nitrogen and oxygen atoms in total. The van der Waals surface area contributed by atoms with Gasteiger partial charge in [-0.05, 0) is 24.6 Å². The summed E-state index contributed by atoms with van der Waals surface area (Å²) in [6.45, 7) is 2.33. The van der Waals surface area contributed by atoms with E-state index >= 15 is 0 Å². The maximum Gasteiger partial charge on any atom is 0.243 e. The van der Waals surface area contributed by atoms with Crippen molar-refractivity contribution in [1.82, 2.24) is 4.57 Å². The number of aromatic hydroxyl groups is 1.